The SMILES string of the molecule is CC(=O)OC(OC(C)=O)[C@@]12C=C[C@@H](O1)[C@@H]1C(=O)N(c3cc(Cl)cc(Cl)c3)C(=O)[C@@H]12. The summed E-state index contributed by atoms with van der Waals surface area (Å²) in [5.41, 5.74) is -1.38. The van der Waals surface area contributed by atoms with Gasteiger partial charge in [0.15, 0.2) is 5.60 Å². The number of halogens is 2. The number of imide groups is 1. The van der Waals surface area contributed by atoms with Gasteiger partial charge in [0.2, 0.25) is 11.8 Å². The van der Waals surface area contributed by atoms with Crippen molar-refractivity contribution in [1.29, 1.82) is 0 Å². The Bertz CT molecular complexity index is 941. The third-order valence-electron chi connectivity index (χ3n) is 5.10. The second-order valence-corrected chi connectivity index (χ2v) is 7.86. The molecule has 0 unspecified atom stereocenters. The standard InChI is InChI=1S/C19H15Cl2NO7/c1-8(23)27-18(28-9(2)24)19-4-3-13(29-19)14-15(19)17(26)22(16(14)25)12-6-10(20)5-11(21)7-12/h3-7,13-15,18H,1-2H3/t13-,14+,15-,19+/m1/s1. The number of rotatable bonds is 4. The number of hydrogen-bond donors (Lipinski definition) is 0. The van der Waals surface area contributed by atoms with Crippen molar-refractivity contribution in [3.63, 3.8) is 0 Å². The molecule has 1 aromatic carbocycles. The molecule has 3 aliphatic heterocycles. The van der Waals surface area contributed by atoms with Crippen LogP contribution in [0.5, 0.6) is 0 Å². The Hall–Kier alpha value is -2.42. The predicted molar refractivity (Wildman–Crippen MR) is 100.0 cm³/mol. The van der Waals surface area contributed by atoms with Crippen LogP contribution in [-0.4, -0.2) is 41.7 Å². The third kappa shape index (κ3) is 3.02. The minimum atomic E-state index is -1.60. The summed E-state index contributed by atoms with van der Waals surface area (Å²) < 4.78 is 16.2. The van der Waals surface area contributed by atoms with Gasteiger partial charge in [-0.1, -0.05) is 29.3 Å². The van der Waals surface area contributed by atoms with Crippen molar-refractivity contribution in [2.75, 3.05) is 4.90 Å². The molecule has 4 rings (SSSR count). The van der Waals surface area contributed by atoms with Gasteiger partial charge in [0.05, 0.1) is 23.6 Å². The molecule has 2 amide bonds. The molecule has 2 fully saturated rings. The fourth-order valence-corrected chi connectivity index (χ4v) is 4.65. The summed E-state index contributed by atoms with van der Waals surface area (Å²) in [5.74, 6) is -4.46. The summed E-state index contributed by atoms with van der Waals surface area (Å²) in [5, 5.41) is 0.518. The van der Waals surface area contributed by atoms with Crippen LogP contribution < -0.4 is 4.90 Å². The van der Waals surface area contributed by atoms with E-state index in [-0.39, 0.29) is 15.7 Å². The molecular formula is C19H15Cl2NO7. The highest BCUT2D eigenvalue weighted by atomic mass is 35.5. The molecule has 3 aliphatic rings. The normalized spacial score (nSPS) is 29.6. The Morgan fingerprint density at radius 3 is 2.21 bits per heavy atom. The van der Waals surface area contributed by atoms with Gasteiger partial charge < -0.3 is 14.2 Å². The highest BCUT2D eigenvalue weighted by Gasteiger charge is 2.72. The number of hydrogen-bond acceptors (Lipinski definition) is 7. The lowest BCUT2D eigenvalue weighted by Gasteiger charge is -2.34. The van der Waals surface area contributed by atoms with Crippen LogP contribution in [0.3, 0.4) is 0 Å². The minimum absolute atomic E-state index is 0.220. The van der Waals surface area contributed by atoms with Crippen molar-refractivity contribution < 1.29 is 33.4 Å². The van der Waals surface area contributed by atoms with Crippen molar-refractivity contribution >= 4 is 52.6 Å². The molecular weight excluding hydrogens is 425 g/mol. The van der Waals surface area contributed by atoms with E-state index in [0.717, 1.165) is 18.7 Å². The smallest absolute Gasteiger partial charge is 0.305 e. The van der Waals surface area contributed by atoms with Crippen LogP contribution in [0.4, 0.5) is 5.69 Å². The zero-order valence-corrected chi connectivity index (χ0v) is 16.8. The van der Waals surface area contributed by atoms with Gasteiger partial charge in [-0.05, 0) is 24.3 Å². The van der Waals surface area contributed by atoms with Gasteiger partial charge in [0, 0.05) is 23.9 Å². The van der Waals surface area contributed by atoms with E-state index in [2.05, 4.69) is 0 Å². The maximum absolute atomic E-state index is 13.3. The molecule has 152 valence electrons. The average Bonchev–Trinajstić information content (AvgIpc) is 3.24. The van der Waals surface area contributed by atoms with E-state index in [0.29, 0.717) is 0 Å². The molecule has 2 saturated heterocycles. The molecule has 8 nitrogen and oxygen atoms in total. The molecule has 0 aliphatic carbocycles. The molecule has 0 aromatic heterocycles. The molecule has 0 saturated carbocycles. The Morgan fingerprint density at radius 2 is 1.66 bits per heavy atom. The number of carbonyl (C=O) groups is 4. The molecule has 2 bridgehead atoms. The Kier molecular flexibility index (Phi) is 4.68. The summed E-state index contributed by atoms with van der Waals surface area (Å²) in [4.78, 5) is 50.6. The fraction of sp³-hybridized carbons (Fsp3) is 0.368. The predicted octanol–water partition coefficient (Wildman–Crippen LogP) is 2.26. The van der Waals surface area contributed by atoms with E-state index in [9.17, 15) is 19.2 Å². The first-order chi connectivity index (χ1) is 13.6. The maximum atomic E-state index is 13.3. The largest absolute Gasteiger partial charge is 0.422 e. The summed E-state index contributed by atoms with van der Waals surface area (Å²) in [6, 6.07) is 4.37. The van der Waals surface area contributed by atoms with Gasteiger partial charge in [-0.15, -0.1) is 0 Å². The molecule has 1 aromatic rings. The van der Waals surface area contributed by atoms with Crippen molar-refractivity contribution in [3.8, 4) is 0 Å². The summed E-state index contributed by atoms with van der Waals surface area (Å²) in [7, 11) is 0. The van der Waals surface area contributed by atoms with Gasteiger partial charge in [-0.3, -0.25) is 19.2 Å². The molecule has 4 atom stereocenters. The molecule has 3 heterocycles. The number of ether oxygens (including phenoxy) is 3. The van der Waals surface area contributed by atoms with E-state index < -0.39 is 53.6 Å². The zero-order chi connectivity index (χ0) is 21.1. The van der Waals surface area contributed by atoms with Gasteiger partial charge in [-0.25, -0.2) is 4.90 Å². The number of carbonyl (C=O) groups excluding carboxylic acids is 4. The molecule has 0 N–H and O–H groups in total. The highest BCUT2D eigenvalue weighted by Crippen LogP contribution is 2.54. The lowest BCUT2D eigenvalue weighted by atomic mass is 9.76. The second-order valence-electron chi connectivity index (χ2n) is 6.99. The van der Waals surface area contributed by atoms with Crippen molar-refractivity contribution in [1.82, 2.24) is 0 Å². The number of nitrogens with zero attached hydrogens (tertiary/aromatic N) is 1. The van der Waals surface area contributed by atoms with Crippen molar-refractivity contribution in [2.45, 2.75) is 31.8 Å². The Morgan fingerprint density at radius 1 is 1.07 bits per heavy atom. The van der Waals surface area contributed by atoms with E-state index in [1.807, 2.05) is 0 Å². The van der Waals surface area contributed by atoms with Gasteiger partial charge in [0.1, 0.15) is 0 Å². The number of benzene rings is 1. The first kappa shape index (κ1) is 19.9. The van der Waals surface area contributed by atoms with Crippen molar-refractivity contribution in [3.05, 3.63) is 40.4 Å². The first-order valence-electron chi connectivity index (χ1n) is 8.69. The Labute approximate surface area is 175 Å². The number of fused-ring (bicyclic) bond motifs is 5. The lowest BCUT2D eigenvalue weighted by Crippen LogP contribution is -2.52. The Balaban J connectivity index is 1.76. The van der Waals surface area contributed by atoms with Crippen LogP contribution in [0.1, 0.15) is 13.8 Å². The minimum Gasteiger partial charge on any atom is -0.422 e. The van der Waals surface area contributed by atoms with Crippen LogP contribution in [-0.2, 0) is 33.4 Å². The molecule has 29 heavy (non-hydrogen) atoms. The van der Waals surface area contributed by atoms with Crippen LogP contribution >= 0.6 is 23.2 Å². The van der Waals surface area contributed by atoms with E-state index in [1.54, 1.807) is 6.08 Å². The monoisotopic (exact) mass is 439 g/mol. The van der Waals surface area contributed by atoms with E-state index in [1.165, 1.54) is 24.3 Å². The average molecular weight is 440 g/mol. The molecule has 0 spiro atoms. The van der Waals surface area contributed by atoms with Crippen LogP contribution in [0.2, 0.25) is 10.0 Å². The second kappa shape index (κ2) is 6.83. The summed E-state index contributed by atoms with van der Waals surface area (Å²) in [6.07, 6.45) is 0.855. The van der Waals surface area contributed by atoms with Crippen LogP contribution in [0.15, 0.2) is 30.4 Å². The number of anilines is 1. The van der Waals surface area contributed by atoms with Crippen LogP contribution in [0.25, 0.3) is 0 Å². The van der Waals surface area contributed by atoms with Gasteiger partial charge >= 0.3 is 11.9 Å². The quantitative estimate of drug-likeness (QED) is 0.307. The van der Waals surface area contributed by atoms with Gasteiger partial charge in [0.25, 0.3) is 6.29 Å². The summed E-state index contributed by atoms with van der Waals surface area (Å²) >= 11 is 12.0. The van der Waals surface area contributed by atoms with Crippen LogP contribution in [0, 0.1) is 11.8 Å². The van der Waals surface area contributed by atoms with Gasteiger partial charge in [-0.2, -0.15) is 0 Å². The zero-order valence-electron chi connectivity index (χ0n) is 15.3. The maximum Gasteiger partial charge on any atom is 0.305 e. The third-order valence-corrected chi connectivity index (χ3v) is 5.53. The topological polar surface area (TPSA) is 99.2 Å². The fourth-order valence-electron chi connectivity index (χ4n) is 4.14. The summed E-state index contributed by atoms with van der Waals surface area (Å²) in [6.45, 7) is 2.27. The number of amides is 2. The van der Waals surface area contributed by atoms with E-state index in [4.69, 9.17) is 37.4 Å². The van der Waals surface area contributed by atoms with E-state index >= 15 is 0 Å². The highest BCUT2D eigenvalue weighted by molar-refractivity contribution is 6.35. The van der Waals surface area contributed by atoms with Crippen molar-refractivity contribution in [2.24, 2.45) is 11.8 Å². The molecule has 0 radical (unpaired) electrons. The number of esters is 2. The molecule has 10 heteroatoms. The lowest BCUT2D eigenvalue weighted by molar-refractivity contribution is -0.226. The first-order valence-corrected chi connectivity index (χ1v) is 9.45.